The van der Waals surface area contributed by atoms with Gasteiger partial charge in [0.15, 0.2) is 0 Å². The number of fused-ring (bicyclic) bond motifs is 1. The van der Waals surface area contributed by atoms with Gasteiger partial charge in [0.05, 0.1) is 17.8 Å². The van der Waals surface area contributed by atoms with Crippen molar-refractivity contribution < 1.29 is 9.53 Å². The van der Waals surface area contributed by atoms with Gasteiger partial charge in [-0.3, -0.25) is 9.69 Å². The topological polar surface area (TPSA) is 60.2 Å². The van der Waals surface area contributed by atoms with Crippen molar-refractivity contribution in [3.8, 4) is 11.4 Å². The first-order valence-electron chi connectivity index (χ1n) is 10.3. The Bertz CT molecular complexity index is 1200. The van der Waals surface area contributed by atoms with Crippen molar-refractivity contribution in [2.75, 3.05) is 18.1 Å². The summed E-state index contributed by atoms with van der Waals surface area (Å²) in [7, 11) is 0. The summed E-state index contributed by atoms with van der Waals surface area (Å²) in [6.07, 6.45) is 6.11. The van der Waals surface area contributed by atoms with E-state index in [-0.39, 0.29) is 5.91 Å². The van der Waals surface area contributed by atoms with Crippen LogP contribution in [0.4, 0.5) is 5.82 Å². The van der Waals surface area contributed by atoms with Crippen LogP contribution in [0.5, 0.6) is 5.75 Å². The molecule has 154 valence electrons. The number of carbonyl (C=O) groups is 1. The second kappa shape index (κ2) is 8.07. The summed E-state index contributed by atoms with van der Waals surface area (Å²) in [5.41, 5.74) is 4.97. The van der Waals surface area contributed by atoms with Crippen LogP contribution in [0.2, 0.25) is 0 Å². The zero-order chi connectivity index (χ0) is 21.2. The van der Waals surface area contributed by atoms with Gasteiger partial charge in [-0.2, -0.15) is 5.10 Å². The maximum Gasteiger partial charge on any atom is 0.263 e. The summed E-state index contributed by atoms with van der Waals surface area (Å²) in [5, 5.41) is 4.27. The van der Waals surface area contributed by atoms with E-state index in [4.69, 9.17) is 4.74 Å². The van der Waals surface area contributed by atoms with Gasteiger partial charge in [-0.15, -0.1) is 0 Å². The first-order valence-corrected chi connectivity index (χ1v) is 10.3. The summed E-state index contributed by atoms with van der Waals surface area (Å²) in [6.45, 7) is 2.96. The molecule has 1 amide bonds. The van der Waals surface area contributed by atoms with Gasteiger partial charge in [0.25, 0.3) is 5.91 Å². The molecule has 5 rings (SSSR count). The van der Waals surface area contributed by atoms with E-state index in [1.54, 1.807) is 17.3 Å². The number of benzene rings is 2. The highest BCUT2D eigenvalue weighted by Crippen LogP contribution is 2.30. The summed E-state index contributed by atoms with van der Waals surface area (Å²) < 4.78 is 7.75. The fourth-order valence-corrected chi connectivity index (χ4v) is 3.84. The Hall–Kier alpha value is -3.93. The molecular formula is C25H22N4O2. The van der Waals surface area contributed by atoms with Crippen LogP contribution >= 0.6 is 0 Å². The van der Waals surface area contributed by atoms with E-state index in [0.717, 1.165) is 23.2 Å². The molecule has 1 aliphatic rings. The van der Waals surface area contributed by atoms with Gasteiger partial charge in [-0.25, -0.2) is 9.67 Å². The Morgan fingerprint density at radius 3 is 2.65 bits per heavy atom. The van der Waals surface area contributed by atoms with Crippen LogP contribution in [-0.2, 0) is 6.42 Å². The predicted molar refractivity (Wildman–Crippen MR) is 119 cm³/mol. The zero-order valence-electron chi connectivity index (χ0n) is 17.2. The molecule has 6 nitrogen and oxygen atoms in total. The lowest BCUT2D eigenvalue weighted by Gasteiger charge is -2.19. The Morgan fingerprint density at radius 1 is 1.03 bits per heavy atom. The van der Waals surface area contributed by atoms with Crippen molar-refractivity contribution in [1.82, 2.24) is 14.8 Å². The predicted octanol–water partition coefficient (Wildman–Crippen LogP) is 4.21. The van der Waals surface area contributed by atoms with Crippen molar-refractivity contribution in [1.29, 1.82) is 0 Å². The third-order valence-corrected chi connectivity index (χ3v) is 5.51. The third-order valence-electron chi connectivity index (χ3n) is 5.51. The lowest BCUT2D eigenvalue weighted by Crippen LogP contribution is -2.33. The lowest BCUT2D eigenvalue weighted by atomic mass is 9.97. The molecule has 0 N–H and O–H groups in total. The molecule has 0 spiro atoms. The Balaban J connectivity index is 1.44. The first-order chi connectivity index (χ1) is 15.2. The minimum absolute atomic E-state index is 0.0820. The van der Waals surface area contributed by atoms with Crippen molar-refractivity contribution in [2.45, 2.75) is 13.3 Å². The number of hydrogen-bond acceptors (Lipinski definition) is 4. The smallest absolute Gasteiger partial charge is 0.263 e. The maximum absolute atomic E-state index is 13.3. The molecule has 0 unspecified atom stereocenters. The minimum Gasteiger partial charge on any atom is -0.491 e. The molecular weight excluding hydrogens is 388 g/mol. The van der Waals surface area contributed by atoms with Crippen LogP contribution in [0.3, 0.4) is 0 Å². The van der Waals surface area contributed by atoms with Crippen molar-refractivity contribution in [2.24, 2.45) is 0 Å². The second-order valence-corrected chi connectivity index (χ2v) is 7.56. The standard InChI is InChI=1S/C25H22N4O2/c1-18-15-23-22(25(30)28(13-14-31-23)24-5-2-3-10-26-24)17-20(18)16-19-6-8-21(9-7-19)29-12-4-11-27-29/h2-12,15,17H,13-14,16H2,1H3. The van der Waals surface area contributed by atoms with Gasteiger partial charge in [0, 0.05) is 18.6 Å². The van der Waals surface area contributed by atoms with E-state index >= 15 is 0 Å². The van der Waals surface area contributed by atoms with Crippen LogP contribution in [0.15, 0.2) is 79.3 Å². The molecule has 0 saturated heterocycles. The quantitative estimate of drug-likeness (QED) is 0.506. The van der Waals surface area contributed by atoms with E-state index < -0.39 is 0 Å². The minimum atomic E-state index is -0.0820. The molecule has 2 aromatic heterocycles. The van der Waals surface area contributed by atoms with E-state index in [2.05, 4.69) is 41.3 Å². The number of hydrogen-bond donors (Lipinski definition) is 0. The van der Waals surface area contributed by atoms with Crippen LogP contribution < -0.4 is 9.64 Å². The highest BCUT2D eigenvalue weighted by molar-refractivity contribution is 6.08. The van der Waals surface area contributed by atoms with E-state index in [0.29, 0.717) is 30.3 Å². The average Bonchev–Trinajstić information content (AvgIpc) is 3.29. The van der Waals surface area contributed by atoms with Crippen LogP contribution in [0, 0.1) is 6.92 Å². The number of aromatic nitrogens is 3. The third kappa shape index (κ3) is 3.80. The van der Waals surface area contributed by atoms with Gasteiger partial charge in [0.1, 0.15) is 18.2 Å². The van der Waals surface area contributed by atoms with Crippen LogP contribution in [0.25, 0.3) is 5.69 Å². The Morgan fingerprint density at radius 2 is 1.90 bits per heavy atom. The molecule has 0 radical (unpaired) electrons. The summed E-state index contributed by atoms with van der Waals surface area (Å²) >= 11 is 0. The molecule has 0 bridgehead atoms. The number of nitrogens with zero attached hydrogens (tertiary/aromatic N) is 4. The van der Waals surface area contributed by atoms with Gasteiger partial charge in [-0.1, -0.05) is 18.2 Å². The van der Waals surface area contributed by atoms with Crippen molar-refractivity contribution >= 4 is 11.7 Å². The van der Waals surface area contributed by atoms with Gasteiger partial charge >= 0.3 is 0 Å². The van der Waals surface area contributed by atoms with Crippen molar-refractivity contribution in [3.63, 3.8) is 0 Å². The van der Waals surface area contributed by atoms with Crippen LogP contribution in [0.1, 0.15) is 27.0 Å². The molecule has 6 heteroatoms. The molecule has 0 fully saturated rings. The molecule has 0 saturated carbocycles. The Labute approximate surface area is 180 Å². The Kier molecular flexibility index (Phi) is 4.96. The number of aryl methyl sites for hydroxylation is 1. The SMILES string of the molecule is Cc1cc2c(cc1Cc1ccc(-n3cccn3)cc1)C(=O)N(c1ccccn1)CCO2. The monoisotopic (exact) mass is 410 g/mol. The van der Waals surface area contributed by atoms with Gasteiger partial charge < -0.3 is 4.74 Å². The molecule has 31 heavy (non-hydrogen) atoms. The fourth-order valence-electron chi connectivity index (χ4n) is 3.84. The second-order valence-electron chi connectivity index (χ2n) is 7.56. The number of amides is 1. The average molecular weight is 410 g/mol. The molecule has 4 aromatic rings. The highest BCUT2D eigenvalue weighted by Gasteiger charge is 2.26. The molecule has 1 aliphatic heterocycles. The maximum atomic E-state index is 13.3. The fraction of sp³-hybridized carbons (Fsp3) is 0.160. The van der Waals surface area contributed by atoms with Gasteiger partial charge in [0.2, 0.25) is 0 Å². The summed E-state index contributed by atoms with van der Waals surface area (Å²) in [5.74, 6) is 1.19. The van der Waals surface area contributed by atoms with Crippen LogP contribution in [-0.4, -0.2) is 33.8 Å². The van der Waals surface area contributed by atoms with Crippen molar-refractivity contribution in [3.05, 3.63) is 102 Å². The van der Waals surface area contributed by atoms with E-state index in [1.807, 2.05) is 47.3 Å². The normalized spacial score (nSPS) is 13.5. The molecule has 0 aliphatic carbocycles. The summed E-state index contributed by atoms with van der Waals surface area (Å²) in [6, 6.07) is 19.7. The van der Waals surface area contributed by atoms with E-state index in [1.165, 1.54) is 5.56 Å². The summed E-state index contributed by atoms with van der Waals surface area (Å²) in [4.78, 5) is 19.4. The molecule has 3 heterocycles. The largest absolute Gasteiger partial charge is 0.491 e. The number of ether oxygens (including phenoxy) is 1. The van der Waals surface area contributed by atoms with Gasteiger partial charge in [-0.05, 0) is 72.5 Å². The molecule has 0 atom stereocenters. The highest BCUT2D eigenvalue weighted by atomic mass is 16.5. The van der Waals surface area contributed by atoms with E-state index in [9.17, 15) is 4.79 Å². The first kappa shape index (κ1) is 19.1. The number of anilines is 1. The lowest BCUT2D eigenvalue weighted by molar-refractivity contribution is 0.0989. The zero-order valence-corrected chi connectivity index (χ0v) is 17.2. The number of carbonyl (C=O) groups excluding carboxylic acids is 1. The number of pyridine rings is 1. The number of rotatable bonds is 4. The molecule has 2 aromatic carbocycles.